The van der Waals surface area contributed by atoms with Crippen molar-refractivity contribution in [2.75, 3.05) is 49.4 Å². The molecule has 4 heterocycles. The molecule has 1 aromatic heterocycles. The molecule has 0 spiro atoms. The van der Waals surface area contributed by atoms with Gasteiger partial charge in [0.25, 0.3) is 11.8 Å². The summed E-state index contributed by atoms with van der Waals surface area (Å²) in [4.78, 5) is 91.0. The van der Waals surface area contributed by atoms with Crippen LogP contribution in [0.4, 0.5) is 24.5 Å². The third-order valence-electron chi connectivity index (χ3n) is 13.9. The minimum atomic E-state index is -4.84. The SMILES string of the molecule is Cc1ncsc1-c1ccc([C@H](C)NC(=O)[C@@H]2OC3CN2C(=O)C(C(C)(C)C)NC(=O)COCCCOCCC(CCOc2ccc(N4C(=S)N(c5ccc(C#N)c(C(F)(F)F)c5)C(=O)C4(C)C)cc2)OC(=O)CC/C=C/CCC(=O)O3)cc1. The number of allylic oxidation sites excluding steroid dienone is 2. The summed E-state index contributed by atoms with van der Waals surface area (Å²) in [6.45, 7) is 12.3. The number of nitrogens with zero attached hydrogens (tertiary/aromatic N) is 5. The zero-order valence-corrected chi connectivity index (χ0v) is 48.9. The maximum atomic E-state index is 14.5. The topological polar surface area (TPSA) is 228 Å². The number of aromatic nitrogens is 1. The molecule has 0 radical (unpaired) electrons. The van der Waals surface area contributed by atoms with Gasteiger partial charge in [-0.1, -0.05) is 57.2 Å². The Hall–Kier alpha value is -7.30. The third kappa shape index (κ3) is 16.3. The molecule has 2 saturated heterocycles. The van der Waals surface area contributed by atoms with Gasteiger partial charge in [0.15, 0.2) is 5.11 Å². The molecular formula is C59H68F3N7O12S2. The number of benzene rings is 3. The molecule has 2 N–H and O–H groups in total. The molecule has 2 fully saturated rings. The lowest BCUT2D eigenvalue weighted by molar-refractivity contribution is -0.179. The van der Waals surface area contributed by atoms with Crippen molar-refractivity contribution in [2.45, 2.75) is 136 Å². The summed E-state index contributed by atoms with van der Waals surface area (Å²) < 4.78 is 76.7. The molecule has 4 amide bonds. The van der Waals surface area contributed by atoms with Crippen molar-refractivity contribution >= 4 is 75.6 Å². The number of amides is 4. The highest BCUT2D eigenvalue weighted by atomic mass is 32.1. The van der Waals surface area contributed by atoms with E-state index in [1.807, 2.05) is 31.2 Å². The summed E-state index contributed by atoms with van der Waals surface area (Å²) in [6, 6.07) is 17.1. The van der Waals surface area contributed by atoms with Crippen molar-refractivity contribution in [3.8, 4) is 22.3 Å². The molecule has 24 heteroatoms. The molecule has 19 nitrogen and oxygen atoms in total. The largest absolute Gasteiger partial charge is 0.493 e. The highest BCUT2D eigenvalue weighted by Gasteiger charge is 2.51. The maximum absolute atomic E-state index is 14.5. The van der Waals surface area contributed by atoms with E-state index in [4.69, 9.17) is 40.6 Å². The van der Waals surface area contributed by atoms with Gasteiger partial charge in [0, 0.05) is 44.6 Å². The van der Waals surface area contributed by atoms with Crippen LogP contribution in [0, 0.1) is 23.7 Å². The molecule has 83 heavy (non-hydrogen) atoms. The van der Waals surface area contributed by atoms with Gasteiger partial charge in [-0.2, -0.15) is 18.4 Å². The summed E-state index contributed by atoms with van der Waals surface area (Å²) >= 11 is 7.20. The third-order valence-corrected chi connectivity index (χ3v) is 15.3. The number of rotatable bonds is 10. The average molecular weight is 1190 g/mol. The number of thiazole rings is 1. The fraction of sp³-hybridized carbons (Fsp3) is 0.475. The van der Waals surface area contributed by atoms with Gasteiger partial charge in [-0.05, 0) is 118 Å². The quantitative estimate of drug-likeness (QED) is 0.0857. The monoisotopic (exact) mass is 1190 g/mol. The lowest BCUT2D eigenvalue weighted by Crippen LogP contribution is -2.58. The van der Waals surface area contributed by atoms with Crippen molar-refractivity contribution in [1.82, 2.24) is 20.5 Å². The van der Waals surface area contributed by atoms with Gasteiger partial charge in [0.1, 0.15) is 30.0 Å². The number of nitriles is 1. The van der Waals surface area contributed by atoms with E-state index in [2.05, 4.69) is 15.6 Å². The van der Waals surface area contributed by atoms with Crippen LogP contribution in [0.5, 0.6) is 5.75 Å². The second-order valence-electron chi connectivity index (χ2n) is 21.6. The number of hydrogen-bond donors (Lipinski definition) is 2. The van der Waals surface area contributed by atoms with E-state index in [1.165, 1.54) is 27.2 Å². The molecule has 3 aliphatic rings. The molecule has 4 aromatic rings. The predicted molar refractivity (Wildman–Crippen MR) is 304 cm³/mol. The number of carbonyl (C=O) groups is 6. The first kappa shape index (κ1) is 63.3. The zero-order chi connectivity index (χ0) is 60.2. The number of carbonyl (C=O) groups excluding carboxylic acids is 6. The number of thiocarbonyl (C=S) groups is 1. The average Bonchev–Trinajstić information content (AvgIpc) is 4.18. The Balaban J connectivity index is 0.952. The Labute approximate surface area is 489 Å². The lowest BCUT2D eigenvalue weighted by atomic mass is 9.85. The fourth-order valence-corrected chi connectivity index (χ4v) is 10.8. The first-order valence-electron chi connectivity index (χ1n) is 27.2. The first-order valence-corrected chi connectivity index (χ1v) is 28.4. The van der Waals surface area contributed by atoms with Crippen molar-refractivity contribution in [1.29, 1.82) is 5.26 Å². The van der Waals surface area contributed by atoms with Crippen molar-refractivity contribution in [3.05, 3.63) is 107 Å². The molecule has 444 valence electrons. The minimum absolute atomic E-state index is 0.0319. The van der Waals surface area contributed by atoms with Crippen molar-refractivity contribution < 1.29 is 70.4 Å². The number of alkyl halides is 3. The minimum Gasteiger partial charge on any atom is -0.493 e. The van der Waals surface area contributed by atoms with Gasteiger partial charge < -0.3 is 48.9 Å². The maximum Gasteiger partial charge on any atom is 0.417 e. The number of esters is 2. The number of aryl methyl sites for hydroxylation is 1. The van der Waals surface area contributed by atoms with Crippen molar-refractivity contribution in [2.24, 2.45) is 5.41 Å². The zero-order valence-electron chi connectivity index (χ0n) is 47.2. The molecule has 0 aliphatic carbocycles. The number of halogens is 3. The molecule has 3 aromatic carbocycles. The number of nitrogens with one attached hydrogen (secondary N) is 2. The normalized spacial score (nSPS) is 22.1. The van der Waals surface area contributed by atoms with E-state index in [0.717, 1.165) is 38.7 Å². The van der Waals surface area contributed by atoms with Gasteiger partial charge in [0.05, 0.1) is 64.8 Å². The Bertz CT molecular complexity index is 3070. The van der Waals surface area contributed by atoms with Crippen LogP contribution >= 0.6 is 23.6 Å². The molecule has 7 rings (SSSR count). The summed E-state index contributed by atoms with van der Waals surface area (Å²) in [5.41, 5.74) is 0.858. The molecule has 0 saturated carbocycles. The first-order chi connectivity index (χ1) is 39.4. The van der Waals surface area contributed by atoms with Crippen LogP contribution in [0.2, 0.25) is 0 Å². The van der Waals surface area contributed by atoms with Crippen LogP contribution in [0.1, 0.15) is 115 Å². The smallest absolute Gasteiger partial charge is 0.417 e. The van der Waals surface area contributed by atoms with Crippen molar-refractivity contribution in [3.63, 3.8) is 0 Å². The highest BCUT2D eigenvalue weighted by molar-refractivity contribution is 7.81. The molecule has 3 unspecified atom stereocenters. The van der Waals surface area contributed by atoms with E-state index >= 15 is 0 Å². The number of anilines is 2. The lowest BCUT2D eigenvalue weighted by Gasteiger charge is -2.34. The highest BCUT2D eigenvalue weighted by Crippen LogP contribution is 2.40. The van der Waals surface area contributed by atoms with Gasteiger partial charge in [-0.15, -0.1) is 11.3 Å². The molecule has 2 bridgehead atoms. The van der Waals surface area contributed by atoms with E-state index < -0.39 is 94.5 Å². The standard InChI is InChI=1S/C59H68F3N7O12S2/c1-36(38-15-17-39(18-16-38)50-37(2)64-35-83-50)65-52(73)54-67-33-49(81-54)80-48(72)14-11-9-8-10-13-47(71)79-44(25-29-76-27-12-28-77-34-46(70)66-51(53(67)74)57(3,4)5)26-30-78-43-23-21-41(22-24-43)69-56(82)68(55(75)58(69,6)7)42-20-19-40(32-63)45(31-42)59(60,61)62/h8-9,15-24,31,35-36,44,49,51,54H,10-14,25-30,33-34H2,1-7H3,(H,65,73)(H,66,70)/b9-8+/t36-,44?,49?,51?,54-/m0/s1. The van der Waals surface area contributed by atoms with Crippen LogP contribution in [-0.4, -0.2) is 120 Å². The van der Waals surface area contributed by atoms with Crippen LogP contribution in [0.3, 0.4) is 0 Å². The van der Waals surface area contributed by atoms with E-state index in [-0.39, 0.29) is 76.1 Å². The van der Waals surface area contributed by atoms with E-state index in [9.17, 15) is 47.2 Å². The number of fused-ring (bicyclic) bond motifs is 2. The Morgan fingerprint density at radius 2 is 1.60 bits per heavy atom. The predicted octanol–water partition coefficient (Wildman–Crippen LogP) is 9.01. The number of hydrogen-bond acceptors (Lipinski definition) is 16. The second kappa shape index (κ2) is 27.9. The summed E-state index contributed by atoms with van der Waals surface area (Å²) in [5.74, 6) is -3.13. The van der Waals surface area contributed by atoms with Crippen LogP contribution < -0.4 is 25.2 Å². The molecule has 5 atom stereocenters. The molecular weight excluding hydrogens is 1120 g/mol. The Kier molecular flexibility index (Phi) is 21.2. The van der Waals surface area contributed by atoms with E-state index in [1.54, 1.807) is 89.5 Å². The summed E-state index contributed by atoms with van der Waals surface area (Å²) in [7, 11) is 0. The molecule has 3 aliphatic heterocycles. The number of cyclic esters (lactones) is 1. The fourth-order valence-electron chi connectivity index (χ4n) is 9.43. The van der Waals surface area contributed by atoms with Crippen LogP contribution in [0.15, 0.2) is 84.4 Å². The van der Waals surface area contributed by atoms with Gasteiger partial charge in [0.2, 0.25) is 24.3 Å². The summed E-state index contributed by atoms with van der Waals surface area (Å²) in [5, 5.41) is 14.9. The van der Waals surface area contributed by atoms with Crippen LogP contribution in [-0.2, 0) is 58.6 Å². The number of ether oxygens (including phenoxy) is 6. The summed E-state index contributed by atoms with van der Waals surface area (Å²) in [6.07, 6.45) is -3.31. The van der Waals surface area contributed by atoms with E-state index in [0.29, 0.717) is 30.7 Å². The Morgan fingerprint density at radius 1 is 0.940 bits per heavy atom. The Morgan fingerprint density at radius 3 is 2.24 bits per heavy atom. The van der Waals surface area contributed by atoms with Crippen LogP contribution in [0.25, 0.3) is 10.4 Å². The van der Waals surface area contributed by atoms with Gasteiger partial charge in [-0.25, -0.2) is 4.98 Å². The second-order valence-corrected chi connectivity index (χ2v) is 22.9. The van der Waals surface area contributed by atoms with Gasteiger partial charge >= 0.3 is 18.1 Å². The van der Waals surface area contributed by atoms with Gasteiger partial charge in [-0.3, -0.25) is 33.7 Å².